The zero-order valence-electron chi connectivity index (χ0n) is 19.0. The zero-order valence-corrected chi connectivity index (χ0v) is 19.0. The van der Waals surface area contributed by atoms with E-state index >= 15 is 0 Å². The summed E-state index contributed by atoms with van der Waals surface area (Å²) in [7, 11) is 0. The molecule has 1 aromatic carbocycles. The summed E-state index contributed by atoms with van der Waals surface area (Å²) < 4.78 is 1.34. The third-order valence-electron chi connectivity index (χ3n) is 5.87. The number of anilines is 2. The second kappa shape index (κ2) is 10.9. The van der Waals surface area contributed by atoms with E-state index in [2.05, 4.69) is 37.3 Å². The highest BCUT2D eigenvalue weighted by Crippen LogP contribution is 2.27. The molecular weight excluding hydrogens is 416 g/mol. The van der Waals surface area contributed by atoms with Gasteiger partial charge < -0.3 is 10.2 Å². The van der Waals surface area contributed by atoms with Crippen LogP contribution in [0.5, 0.6) is 0 Å². The third kappa shape index (κ3) is 5.84. The Morgan fingerprint density at radius 1 is 0.970 bits per heavy atom. The highest BCUT2D eigenvalue weighted by Gasteiger charge is 2.20. The SMILES string of the molecule is CCCn1nc(C(=O)Nc2ccccc2N2CCN(CCc3ccncc3)CC2)ccc1=O. The minimum atomic E-state index is -0.316. The third-order valence-corrected chi connectivity index (χ3v) is 5.87. The monoisotopic (exact) mass is 446 g/mol. The molecule has 0 radical (unpaired) electrons. The maximum atomic E-state index is 12.9. The molecule has 0 atom stereocenters. The van der Waals surface area contributed by atoms with Crippen LogP contribution in [0.4, 0.5) is 11.4 Å². The fourth-order valence-corrected chi connectivity index (χ4v) is 4.03. The second-order valence-corrected chi connectivity index (χ2v) is 8.19. The first-order valence-corrected chi connectivity index (χ1v) is 11.5. The van der Waals surface area contributed by atoms with Gasteiger partial charge in [0.15, 0.2) is 0 Å². The number of aryl methyl sites for hydroxylation is 1. The predicted octanol–water partition coefficient (Wildman–Crippen LogP) is 2.67. The Kier molecular flexibility index (Phi) is 7.47. The van der Waals surface area contributed by atoms with E-state index < -0.39 is 0 Å². The maximum Gasteiger partial charge on any atom is 0.276 e. The number of pyridine rings is 1. The molecule has 0 saturated carbocycles. The Morgan fingerprint density at radius 3 is 2.48 bits per heavy atom. The van der Waals surface area contributed by atoms with E-state index in [1.54, 1.807) is 0 Å². The molecule has 4 rings (SSSR count). The first kappa shape index (κ1) is 22.7. The molecule has 1 saturated heterocycles. The number of carbonyl (C=O) groups excluding carboxylic acids is 1. The summed E-state index contributed by atoms with van der Waals surface area (Å²) in [6, 6.07) is 14.9. The minimum Gasteiger partial charge on any atom is -0.367 e. The van der Waals surface area contributed by atoms with Crippen molar-refractivity contribution in [2.24, 2.45) is 0 Å². The van der Waals surface area contributed by atoms with E-state index in [0.29, 0.717) is 6.54 Å². The molecule has 0 spiro atoms. The molecule has 0 aliphatic carbocycles. The van der Waals surface area contributed by atoms with Gasteiger partial charge in [-0.2, -0.15) is 5.10 Å². The molecular formula is C25H30N6O2. The van der Waals surface area contributed by atoms with Gasteiger partial charge in [-0.3, -0.25) is 19.5 Å². The molecule has 3 aromatic rings. The van der Waals surface area contributed by atoms with Gasteiger partial charge in [0.2, 0.25) is 0 Å². The van der Waals surface area contributed by atoms with Crippen LogP contribution < -0.4 is 15.8 Å². The van der Waals surface area contributed by atoms with Crippen molar-refractivity contribution in [1.29, 1.82) is 0 Å². The number of benzene rings is 1. The lowest BCUT2D eigenvalue weighted by atomic mass is 10.1. The van der Waals surface area contributed by atoms with E-state index in [9.17, 15) is 9.59 Å². The molecule has 3 heterocycles. The summed E-state index contributed by atoms with van der Waals surface area (Å²) in [6.45, 7) is 7.20. The second-order valence-electron chi connectivity index (χ2n) is 8.19. The van der Waals surface area contributed by atoms with Crippen LogP contribution in [0.3, 0.4) is 0 Å². The Morgan fingerprint density at radius 2 is 1.73 bits per heavy atom. The molecule has 2 aromatic heterocycles. The average Bonchev–Trinajstić information content (AvgIpc) is 2.85. The highest BCUT2D eigenvalue weighted by atomic mass is 16.2. The van der Waals surface area contributed by atoms with Gasteiger partial charge in [0.1, 0.15) is 5.69 Å². The molecule has 1 aliphatic rings. The van der Waals surface area contributed by atoms with E-state index in [-0.39, 0.29) is 17.2 Å². The number of para-hydroxylation sites is 2. The van der Waals surface area contributed by atoms with Crippen molar-refractivity contribution >= 4 is 17.3 Å². The van der Waals surface area contributed by atoms with Crippen molar-refractivity contribution in [2.75, 3.05) is 42.9 Å². The first-order valence-electron chi connectivity index (χ1n) is 11.5. The molecule has 8 nitrogen and oxygen atoms in total. The number of rotatable bonds is 8. The van der Waals surface area contributed by atoms with Crippen LogP contribution in [-0.2, 0) is 13.0 Å². The van der Waals surface area contributed by atoms with Crippen molar-refractivity contribution in [1.82, 2.24) is 19.7 Å². The number of nitrogens with one attached hydrogen (secondary N) is 1. The number of amides is 1. The standard InChI is InChI=1S/C25H30N6O2/c1-2-14-31-24(32)8-7-22(28-31)25(33)27-21-5-3-4-6-23(21)30-18-16-29(17-19-30)15-11-20-9-12-26-13-10-20/h3-10,12-13H,2,11,14-19H2,1H3,(H,27,33). The van der Waals surface area contributed by atoms with Crippen molar-refractivity contribution in [3.63, 3.8) is 0 Å². The van der Waals surface area contributed by atoms with Crippen molar-refractivity contribution in [3.05, 3.63) is 82.5 Å². The van der Waals surface area contributed by atoms with Crippen LogP contribution >= 0.6 is 0 Å². The lowest BCUT2D eigenvalue weighted by Crippen LogP contribution is -2.47. The molecule has 1 amide bonds. The van der Waals surface area contributed by atoms with Crippen LogP contribution in [0.2, 0.25) is 0 Å². The Labute approximate surface area is 193 Å². The van der Waals surface area contributed by atoms with Crippen LogP contribution in [0, 0.1) is 0 Å². The molecule has 0 bridgehead atoms. The highest BCUT2D eigenvalue weighted by molar-refractivity contribution is 6.04. The molecule has 0 unspecified atom stereocenters. The molecule has 1 fully saturated rings. The van der Waals surface area contributed by atoms with Crippen LogP contribution in [0.25, 0.3) is 0 Å². The van der Waals surface area contributed by atoms with E-state index in [1.165, 1.54) is 22.4 Å². The largest absolute Gasteiger partial charge is 0.367 e. The lowest BCUT2D eigenvalue weighted by Gasteiger charge is -2.37. The Hall–Kier alpha value is -3.52. The molecule has 1 aliphatic heterocycles. The topological polar surface area (TPSA) is 83.4 Å². The van der Waals surface area contributed by atoms with Gasteiger partial charge in [0.25, 0.3) is 11.5 Å². The summed E-state index contributed by atoms with van der Waals surface area (Å²) in [4.78, 5) is 33.6. The van der Waals surface area contributed by atoms with Crippen LogP contribution in [-0.4, -0.2) is 58.3 Å². The number of carbonyl (C=O) groups is 1. The summed E-state index contributed by atoms with van der Waals surface area (Å²) in [5, 5.41) is 7.22. The van der Waals surface area contributed by atoms with Crippen LogP contribution in [0.15, 0.2) is 65.7 Å². The number of hydrogen-bond acceptors (Lipinski definition) is 6. The predicted molar refractivity (Wildman–Crippen MR) is 130 cm³/mol. The van der Waals surface area contributed by atoms with Gasteiger partial charge in [-0.15, -0.1) is 0 Å². The smallest absolute Gasteiger partial charge is 0.276 e. The van der Waals surface area contributed by atoms with Crippen molar-refractivity contribution in [2.45, 2.75) is 26.3 Å². The normalized spacial score (nSPS) is 14.3. The van der Waals surface area contributed by atoms with Crippen molar-refractivity contribution in [3.8, 4) is 0 Å². The van der Waals surface area contributed by atoms with E-state index in [4.69, 9.17) is 0 Å². The molecule has 1 N–H and O–H groups in total. The van der Waals surface area contributed by atoms with Gasteiger partial charge in [0, 0.05) is 57.7 Å². The number of aromatic nitrogens is 3. The summed E-state index contributed by atoms with van der Waals surface area (Å²) >= 11 is 0. The van der Waals surface area contributed by atoms with E-state index in [1.807, 2.05) is 43.6 Å². The van der Waals surface area contributed by atoms with Gasteiger partial charge in [-0.25, -0.2) is 4.68 Å². The summed E-state index contributed by atoms with van der Waals surface area (Å²) in [5.74, 6) is -0.316. The van der Waals surface area contributed by atoms with E-state index in [0.717, 1.165) is 56.9 Å². The average molecular weight is 447 g/mol. The van der Waals surface area contributed by atoms with Crippen LogP contribution in [0.1, 0.15) is 29.4 Å². The zero-order chi connectivity index (χ0) is 23.0. The number of hydrogen-bond donors (Lipinski definition) is 1. The quantitative estimate of drug-likeness (QED) is 0.573. The number of piperazine rings is 1. The van der Waals surface area contributed by atoms with Crippen molar-refractivity contribution < 1.29 is 4.79 Å². The van der Waals surface area contributed by atoms with Gasteiger partial charge in [0.05, 0.1) is 11.4 Å². The maximum absolute atomic E-state index is 12.9. The summed E-state index contributed by atoms with van der Waals surface area (Å²) in [6.07, 6.45) is 5.47. The Balaban J connectivity index is 1.38. The minimum absolute atomic E-state index is 0.199. The van der Waals surface area contributed by atoms with Gasteiger partial charge in [-0.05, 0) is 48.7 Å². The fourth-order valence-electron chi connectivity index (χ4n) is 4.03. The fraction of sp³-hybridized carbons (Fsp3) is 0.360. The van der Waals surface area contributed by atoms with Gasteiger partial charge >= 0.3 is 0 Å². The molecule has 8 heteroatoms. The van der Waals surface area contributed by atoms with Gasteiger partial charge in [-0.1, -0.05) is 19.1 Å². The summed E-state index contributed by atoms with van der Waals surface area (Å²) in [5.41, 5.74) is 3.10. The lowest BCUT2D eigenvalue weighted by molar-refractivity contribution is 0.101. The molecule has 172 valence electrons. The first-order chi connectivity index (χ1) is 16.1. The number of nitrogens with zero attached hydrogens (tertiary/aromatic N) is 5. The molecule has 33 heavy (non-hydrogen) atoms. The Bertz CT molecular complexity index is 1120.